The minimum absolute atomic E-state index is 0. The van der Waals surface area contributed by atoms with Gasteiger partial charge in [-0.3, -0.25) is 4.79 Å². The van der Waals surface area contributed by atoms with E-state index < -0.39 is 6.10 Å². The lowest BCUT2D eigenvalue weighted by Gasteiger charge is -2.37. The maximum absolute atomic E-state index is 13.0. The summed E-state index contributed by atoms with van der Waals surface area (Å²) in [6.07, 6.45) is 5.04. The third-order valence-corrected chi connectivity index (χ3v) is 6.04. The van der Waals surface area contributed by atoms with E-state index in [0.717, 1.165) is 50.6 Å². The van der Waals surface area contributed by atoms with E-state index in [4.69, 9.17) is 5.73 Å². The maximum atomic E-state index is 13.0. The number of aliphatic hydroxyl groups is 1. The van der Waals surface area contributed by atoms with Crippen molar-refractivity contribution in [1.29, 1.82) is 0 Å². The predicted octanol–water partition coefficient (Wildman–Crippen LogP) is 3.28. The first-order valence-electron chi connectivity index (χ1n) is 9.51. The summed E-state index contributed by atoms with van der Waals surface area (Å²) >= 11 is 0. The molecule has 26 heavy (non-hydrogen) atoms. The van der Waals surface area contributed by atoms with Gasteiger partial charge in [0.05, 0.1) is 6.10 Å². The molecule has 6 heteroatoms. The normalized spacial score (nSPS) is 25.4. The number of piperidine rings is 1. The van der Waals surface area contributed by atoms with Crippen LogP contribution in [-0.2, 0) is 4.79 Å². The zero-order valence-electron chi connectivity index (χ0n) is 15.1. The van der Waals surface area contributed by atoms with Crippen LogP contribution in [0.4, 0.5) is 4.39 Å². The fraction of sp³-hybridized carbons (Fsp3) is 0.650. The van der Waals surface area contributed by atoms with Gasteiger partial charge >= 0.3 is 0 Å². The standard InChI is InChI=1S/C20H29FN2O2.ClH/c21-18-7-5-15(6-8-18)19(24)16-9-11-23(12-10-16)20(25)17-3-1-14(13-22)2-4-17;/h5-8,14,16-17,19,24H,1-4,9-13,22H2;1H. The Morgan fingerprint density at radius 1 is 1.12 bits per heavy atom. The van der Waals surface area contributed by atoms with Gasteiger partial charge in [-0.25, -0.2) is 4.39 Å². The first-order chi connectivity index (χ1) is 12.1. The number of aliphatic hydroxyl groups excluding tert-OH is 1. The van der Waals surface area contributed by atoms with Gasteiger partial charge in [0.2, 0.25) is 5.91 Å². The highest BCUT2D eigenvalue weighted by Gasteiger charge is 2.33. The molecule has 0 radical (unpaired) electrons. The quantitative estimate of drug-likeness (QED) is 0.837. The molecule has 3 rings (SSSR count). The number of benzene rings is 1. The van der Waals surface area contributed by atoms with Crippen LogP contribution >= 0.6 is 12.4 Å². The smallest absolute Gasteiger partial charge is 0.225 e. The summed E-state index contributed by atoms with van der Waals surface area (Å²) < 4.78 is 13.0. The van der Waals surface area contributed by atoms with E-state index in [-0.39, 0.29) is 36.0 Å². The Morgan fingerprint density at radius 2 is 1.69 bits per heavy atom. The summed E-state index contributed by atoms with van der Waals surface area (Å²) in [4.78, 5) is 14.7. The highest BCUT2D eigenvalue weighted by atomic mass is 35.5. The van der Waals surface area contributed by atoms with Crippen molar-refractivity contribution in [2.75, 3.05) is 19.6 Å². The highest BCUT2D eigenvalue weighted by molar-refractivity contribution is 5.85. The summed E-state index contributed by atoms with van der Waals surface area (Å²) in [7, 11) is 0. The minimum atomic E-state index is -0.585. The minimum Gasteiger partial charge on any atom is -0.388 e. The molecule has 146 valence electrons. The van der Waals surface area contributed by atoms with E-state index in [0.29, 0.717) is 19.0 Å². The Morgan fingerprint density at radius 3 is 2.23 bits per heavy atom. The van der Waals surface area contributed by atoms with Crippen LogP contribution in [-0.4, -0.2) is 35.5 Å². The van der Waals surface area contributed by atoms with Gasteiger partial charge in [-0.15, -0.1) is 12.4 Å². The Hall–Kier alpha value is -1.17. The second-order valence-electron chi connectivity index (χ2n) is 7.61. The lowest BCUT2D eigenvalue weighted by Crippen LogP contribution is -2.43. The lowest BCUT2D eigenvalue weighted by atomic mass is 9.80. The fourth-order valence-corrected chi connectivity index (χ4v) is 4.27. The number of rotatable bonds is 4. The molecule has 1 aromatic carbocycles. The lowest BCUT2D eigenvalue weighted by molar-refractivity contribution is -0.138. The molecule has 1 aliphatic carbocycles. The van der Waals surface area contributed by atoms with E-state index in [1.54, 1.807) is 12.1 Å². The van der Waals surface area contributed by atoms with E-state index >= 15 is 0 Å². The van der Waals surface area contributed by atoms with Gasteiger partial charge in [-0.05, 0) is 74.6 Å². The molecular formula is C20H30ClFN2O2. The van der Waals surface area contributed by atoms with Gasteiger partial charge in [0, 0.05) is 19.0 Å². The highest BCUT2D eigenvalue weighted by Crippen LogP contribution is 2.33. The van der Waals surface area contributed by atoms with Crippen LogP contribution in [0.5, 0.6) is 0 Å². The van der Waals surface area contributed by atoms with Crippen LogP contribution in [0.2, 0.25) is 0 Å². The molecule has 2 fully saturated rings. The van der Waals surface area contributed by atoms with E-state index in [1.165, 1.54) is 12.1 Å². The largest absolute Gasteiger partial charge is 0.388 e. The summed E-state index contributed by atoms with van der Waals surface area (Å²) in [6.45, 7) is 2.14. The van der Waals surface area contributed by atoms with E-state index in [9.17, 15) is 14.3 Å². The molecule has 1 saturated carbocycles. The Balaban J connectivity index is 0.00000243. The molecule has 4 nitrogen and oxygen atoms in total. The van der Waals surface area contributed by atoms with Crippen LogP contribution in [0.3, 0.4) is 0 Å². The molecule has 0 spiro atoms. The molecule has 1 atom stereocenters. The van der Waals surface area contributed by atoms with Gasteiger partial charge < -0.3 is 15.7 Å². The molecule has 0 aromatic heterocycles. The third-order valence-electron chi connectivity index (χ3n) is 6.04. The summed E-state index contributed by atoms with van der Waals surface area (Å²) in [5.74, 6) is 0.857. The molecule has 1 heterocycles. The third kappa shape index (κ3) is 4.96. The van der Waals surface area contributed by atoms with Gasteiger partial charge in [-0.2, -0.15) is 0 Å². The fourth-order valence-electron chi connectivity index (χ4n) is 4.27. The molecule has 0 bridgehead atoms. The average Bonchev–Trinajstić information content (AvgIpc) is 2.67. The van der Waals surface area contributed by atoms with Crippen LogP contribution in [0, 0.1) is 23.6 Å². The zero-order chi connectivity index (χ0) is 17.8. The van der Waals surface area contributed by atoms with Crippen molar-refractivity contribution in [3.05, 3.63) is 35.6 Å². The van der Waals surface area contributed by atoms with Crippen molar-refractivity contribution in [3.63, 3.8) is 0 Å². The van der Waals surface area contributed by atoms with Crippen molar-refractivity contribution >= 4 is 18.3 Å². The summed E-state index contributed by atoms with van der Waals surface area (Å²) in [5.41, 5.74) is 6.48. The predicted molar refractivity (Wildman–Crippen MR) is 102 cm³/mol. The SMILES string of the molecule is Cl.NCC1CCC(C(=O)N2CCC(C(O)c3ccc(F)cc3)CC2)CC1. The Kier molecular flexibility index (Phi) is 7.86. The number of nitrogens with two attached hydrogens (primary N) is 1. The average molecular weight is 385 g/mol. The molecule has 1 aliphatic heterocycles. The van der Waals surface area contributed by atoms with Crippen molar-refractivity contribution in [1.82, 2.24) is 4.90 Å². The number of halogens is 2. The Bertz CT molecular complexity index is 568. The van der Waals surface area contributed by atoms with Crippen LogP contribution in [0.15, 0.2) is 24.3 Å². The summed E-state index contributed by atoms with van der Waals surface area (Å²) in [5, 5.41) is 10.5. The van der Waals surface area contributed by atoms with Crippen LogP contribution in [0.1, 0.15) is 50.2 Å². The van der Waals surface area contributed by atoms with Gasteiger partial charge in [0.1, 0.15) is 5.82 Å². The summed E-state index contributed by atoms with van der Waals surface area (Å²) in [6, 6.07) is 6.06. The molecule has 1 saturated heterocycles. The monoisotopic (exact) mass is 384 g/mol. The maximum Gasteiger partial charge on any atom is 0.225 e. The van der Waals surface area contributed by atoms with Gasteiger partial charge in [-0.1, -0.05) is 12.1 Å². The Labute approximate surface area is 161 Å². The van der Waals surface area contributed by atoms with Crippen LogP contribution in [0.25, 0.3) is 0 Å². The first-order valence-corrected chi connectivity index (χ1v) is 9.51. The number of carbonyl (C=O) groups is 1. The van der Waals surface area contributed by atoms with E-state index in [1.807, 2.05) is 4.90 Å². The number of carbonyl (C=O) groups excluding carboxylic acids is 1. The van der Waals surface area contributed by atoms with Crippen molar-refractivity contribution in [2.24, 2.45) is 23.5 Å². The van der Waals surface area contributed by atoms with Gasteiger partial charge in [0.25, 0.3) is 0 Å². The molecule has 1 amide bonds. The number of hydrogen-bond acceptors (Lipinski definition) is 3. The molecule has 1 unspecified atom stereocenters. The first kappa shape index (κ1) is 21.1. The second-order valence-corrected chi connectivity index (χ2v) is 7.61. The zero-order valence-corrected chi connectivity index (χ0v) is 16.0. The van der Waals surface area contributed by atoms with Crippen molar-refractivity contribution in [3.8, 4) is 0 Å². The van der Waals surface area contributed by atoms with Gasteiger partial charge in [0.15, 0.2) is 0 Å². The number of amides is 1. The van der Waals surface area contributed by atoms with Crippen LogP contribution < -0.4 is 5.73 Å². The van der Waals surface area contributed by atoms with E-state index in [2.05, 4.69) is 0 Å². The topological polar surface area (TPSA) is 66.6 Å². The second kappa shape index (κ2) is 9.67. The molecular weight excluding hydrogens is 355 g/mol. The molecule has 1 aromatic rings. The number of likely N-dealkylation sites (tertiary alicyclic amines) is 1. The molecule has 2 aliphatic rings. The van der Waals surface area contributed by atoms with Crippen molar-refractivity contribution in [2.45, 2.75) is 44.6 Å². The van der Waals surface area contributed by atoms with Crippen molar-refractivity contribution < 1.29 is 14.3 Å². The number of hydrogen-bond donors (Lipinski definition) is 2. The number of nitrogens with zero attached hydrogens (tertiary/aromatic N) is 1. The molecule has 3 N–H and O–H groups in total.